The molecular formula is C17H14Cl2N4O2S. The highest BCUT2D eigenvalue weighted by atomic mass is 35.5. The van der Waals surface area contributed by atoms with Gasteiger partial charge in [-0.2, -0.15) is 14.9 Å². The number of ether oxygens (including phenoxy) is 2. The number of methoxy groups -OCH3 is 1. The van der Waals surface area contributed by atoms with Gasteiger partial charge in [-0.25, -0.2) is 0 Å². The molecule has 6 nitrogen and oxygen atoms in total. The second-order valence-electron chi connectivity index (χ2n) is 5.20. The van der Waals surface area contributed by atoms with Crippen molar-refractivity contribution in [3.8, 4) is 11.5 Å². The number of rotatable bonds is 6. The quantitative estimate of drug-likeness (QED) is 0.473. The molecule has 0 bridgehead atoms. The van der Waals surface area contributed by atoms with Gasteiger partial charge in [0.2, 0.25) is 4.77 Å². The number of aromatic amines is 1. The monoisotopic (exact) mass is 408 g/mol. The number of nitrogens with one attached hydrogen (secondary N) is 1. The summed E-state index contributed by atoms with van der Waals surface area (Å²) in [5.41, 5.74) is 1.70. The van der Waals surface area contributed by atoms with E-state index in [2.05, 4.69) is 15.3 Å². The van der Waals surface area contributed by atoms with Gasteiger partial charge in [0.15, 0.2) is 11.5 Å². The molecule has 3 rings (SSSR count). The van der Waals surface area contributed by atoms with Crippen LogP contribution < -0.4 is 9.47 Å². The van der Waals surface area contributed by atoms with Gasteiger partial charge >= 0.3 is 0 Å². The van der Waals surface area contributed by atoms with Crippen molar-refractivity contribution in [2.75, 3.05) is 7.11 Å². The Balaban J connectivity index is 1.80. The number of H-pyrrole nitrogens is 1. The molecular weight excluding hydrogens is 395 g/mol. The van der Waals surface area contributed by atoms with Crippen LogP contribution in [-0.2, 0) is 6.61 Å². The predicted molar refractivity (Wildman–Crippen MR) is 104 cm³/mol. The molecule has 0 unspecified atom stereocenters. The summed E-state index contributed by atoms with van der Waals surface area (Å²) in [6.45, 7) is 0.338. The van der Waals surface area contributed by atoms with E-state index in [-0.39, 0.29) is 0 Å². The Kier molecular flexibility index (Phi) is 5.92. The number of hydrogen-bond acceptors (Lipinski definition) is 5. The zero-order valence-corrected chi connectivity index (χ0v) is 16.0. The zero-order chi connectivity index (χ0) is 18.5. The van der Waals surface area contributed by atoms with Gasteiger partial charge in [-0.15, -0.1) is 0 Å². The van der Waals surface area contributed by atoms with E-state index in [1.54, 1.807) is 37.6 Å². The summed E-state index contributed by atoms with van der Waals surface area (Å²) in [7, 11) is 1.55. The minimum absolute atomic E-state index is 0.338. The van der Waals surface area contributed by atoms with Crippen molar-refractivity contribution in [3.63, 3.8) is 0 Å². The molecule has 1 N–H and O–H groups in total. The highest BCUT2D eigenvalue weighted by Gasteiger charge is 2.12. The number of nitrogens with zero attached hydrogens (tertiary/aromatic N) is 3. The number of hydrogen-bond donors (Lipinski definition) is 1. The summed E-state index contributed by atoms with van der Waals surface area (Å²) in [5, 5.41) is 11.7. The van der Waals surface area contributed by atoms with Gasteiger partial charge in [-0.05, 0) is 47.6 Å². The van der Waals surface area contributed by atoms with E-state index < -0.39 is 0 Å². The van der Waals surface area contributed by atoms with Crippen LogP contribution in [0.25, 0.3) is 0 Å². The molecule has 2 aromatic carbocycles. The lowest BCUT2D eigenvalue weighted by Crippen LogP contribution is -1.99. The first kappa shape index (κ1) is 18.4. The molecule has 0 radical (unpaired) electrons. The molecule has 0 saturated heterocycles. The summed E-state index contributed by atoms with van der Waals surface area (Å²) in [4.78, 5) is 0. The summed E-state index contributed by atoms with van der Waals surface area (Å²) >= 11 is 17.3. The Morgan fingerprint density at radius 3 is 2.69 bits per heavy atom. The molecule has 0 saturated carbocycles. The van der Waals surface area contributed by atoms with Gasteiger partial charge in [0.05, 0.1) is 18.3 Å². The average Bonchev–Trinajstić information content (AvgIpc) is 3.05. The second kappa shape index (κ2) is 8.35. The lowest BCUT2D eigenvalue weighted by Gasteiger charge is -2.13. The molecule has 134 valence electrons. The first-order valence-electron chi connectivity index (χ1n) is 7.48. The maximum Gasteiger partial charge on any atom is 0.216 e. The van der Waals surface area contributed by atoms with Crippen molar-refractivity contribution in [3.05, 3.63) is 68.7 Å². The zero-order valence-electron chi connectivity index (χ0n) is 13.6. The fourth-order valence-electron chi connectivity index (χ4n) is 2.14. The average molecular weight is 409 g/mol. The van der Waals surface area contributed by atoms with Crippen molar-refractivity contribution >= 4 is 41.6 Å². The van der Waals surface area contributed by atoms with Gasteiger partial charge in [-0.3, -0.25) is 5.10 Å². The van der Waals surface area contributed by atoms with Crippen LogP contribution in [0.15, 0.2) is 47.8 Å². The molecule has 3 aromatic rings. The normalized spacial score (nSPS) is 11.0. The lowest BCUT2D eigenvalue weighted by molar-refractivity contribution is 0.284. The largest absolute Gasteiger partial charge is 0.493 e. The van der Waals surface area contributed by atoms with E-state index in [4.69, 9.17) is 44.9 Å². The van der Waals surface area contributed by atoms with Gasteiger partial charge in [0, 0.05) is 5.02 Å². The SMILES string of the molecule is COc1cc(/C=N\n2cn[nH]c2=S)cc(Cl)c1OCc1ccc(Cl)cc1. The van der Waals surface area contributed by atoms with Crippen molar-refractivity contribution < 1.29 is 9.47 Å². The van der Waals surface area contributed by atoms with Crippen LogP contribution in [0.1, 0.15) is 11.1 Å². The highest BCUT2D eigenvalue weighted by Crippen LogP contribution is 2.36. The smallest absolute Gasteiger partial charge is 0.216 e. The van der Waals surface area contributed by atoms with E-state index in [9.17, 15) is 0 Å². The van der Waals surface area contributed by atoms with E-state index in [1.165, 1.54) is 11.0 Å². The van der Waals surface area contributed by atoms with Crippen molar-refractivity contribution in [2.45, 2.75) is 6.61 Å². The van der Waals surface area contributed by atoms with Crippen molar-refractivity contribution in [1.29, 1.82) is 0 Å². The van der Waals surface area contributed by atoms with Crippen LogP contribution in [0.3, 0.4) is 0 Å². The van der Waals surface area contributed by atoms with Gasteiger partial charge in [0.1, 0.15) is 12.9 Å². The van der Waals surface area contributed by atoms with E-state index in [0.717, 1.165) is 11.1 Å². The van der Waals surface area contributed by atoms with E-state index in [0.29, 0.717) is 32.9 Å². The molecule has 0 aliphatic carbocycles. The Bertz CT molecular complexity index is 983. The molecule has 0 aliphatic rings. The summed E-state index contributed by atoms with van der Waals surface area (Å²) < 4.78 is 13.0. The standard InChI is InChI=1S/C17H14Cl2N4O2S/c1-24-15-7-12(8-21-23-10-20-22-17(23)26)6-14(19)16(15)25-9-11-2-4-13(18)5-3-11/h2-8,10H,9H2,1H3,(H,22,26)/b21-8-. The number of aromatic nitrogens is 3. The Labute approximate surface area is 165 Å². The summed E-state index contributed by atoms with van der Waals surface area (Å²) in [6.07, 6.45) is 3.07. The van der Waals surface area contributed by atoms with E-state index in [1.807, 2.05) is 12.1 Å². The molecule has 0 spiro atoms. The molecule has 26 heavy (non-hydrogen) atoms. The topological polar surface area (TPSA) is 64.4 Å². The Morgan fingerprint density at radius 1 is 1.27 bits per heavy atom. The molecule has 0 aliphatic heterocycles. The molecule has 1 aromatic heterocycles. The van der Waals surface area contributed by atoms with Crippen LogP contribution in [-0.4, -0.2) is 28.2 Å². The molecule has 9 heteroatoms. The third kappa shape index (κ3) is 4.43. The van der Waals surface area contributed by atoms with Crippen molar-refractivity contribution in [1.82, 2.24) is 14.9 Å². The van der Waals surface area contributed by atoms with Crippen LogP contribution >= 0.6 is 35.4 Å². The predicted octanol–water partition coefficient (Wildman–Crippen LogP) is 4.72. The third-order valence-electron chi connectivity index (χ3n) is 3.41. The fourth-order valence-corrected chi connectivity index (χ4v) is 2.69. The summed E-state index contributed by atoms with van der Waals surface area (Å²) in [5.74, 6) is 0.963. The number of halogens is 2. The fraction of sp³-hybridized carbons (Fsp3) is 0.118. The third-order valence-corrected chi connectivity index (χ3v) is 4.23. The maximum atomic E-state index is 6.36. The number of benzene rings is 2. The van der Waals surface area contributed by atoms with Gasteiger partial charge < -0.3 is 9.47 Å². The van der Waals surface area contributed by atoms with Crippen LogP contribution in [0.4, 0.5) is 0 Å². The minimum Gasteiger partial charge on any atom is -0.493 e. The lowest BCUT2D eigenvalue weighted by atomic mass is 10.2. The van der Waals surface area contributed by atoms with Gasteiger partial charge in [0.25, 0.3) is 0 Å². The van der Waals surface area contributed by atoms with E-state index >= 15 is 0 Å². The van der Waals surface area contributed by atoms with Gasteiger partial charge in [-0.1, -0.05) is 35.3 Å². The maximum absolute atomic E-state index is 6.36. The highest BCUT2D eigenvalue weighted by molar-refractivity contribution is 7.71. The van der Waals surface area contributed by atoms with Crippen LogP contribution in [0.2, 0.25) is 10.0 Å². The Morgan fingerprint density at radius 2 is 2.04 bits per heavy atom. The molecule has 1 heterocycles. The first-order chi connectivity index (χ1) is 12.6. The molecule has 0 atom stereocenters. The Hall–Kier alpha value is -2.35. The minimum atomic E-state index is 0.338. The van der Waals surface area contributed by atoms with Crippen molar-refractivity contribution in [2.24, 2.45) is 5.10 Å². The first-order valence-corrected chi connectivity index (χ1v) is 8.64. The van der Waals surface area contributed by atoms with Crippen LogP contribution in [0, 0.1) is 4.77 Å². The molecule has 0 amide bonds. The summed E-state index contributed by atoms with van der Waals surface area (Å²) in [6, 6.07) is 10.9. The van der Waals surface area contributed by atoms with Crippen LogP contribution in [0.5, 0.6) is 11.5 Å². The second-order valence-corrected chi connectivity index (χ2v) is 6.43. The molecule has 0 fully saturated rings.